The Bertz CT molecular complexity index is 212. The average Bonchev–Trinajstić information content (AvgIpc) is 2.50. The summed E-state index contributed by atoms with van der Waals surface area (Å²) in [7, 11) is 0. The van der Waals surface area contributed by atoms with Gasteiger partial charge in [-0.15, -0.1) is 0 Å². The van der Waals surface area contributed by atoms with E-state index in [1.165, 1.54) is 114 Å². The molecule has 0 radical (unpaired) electrons. The number of rotatable bonds is 12. The fraction of sp³-hybridized carbons (Fsp3) is 1.00. The lowest BCUT2D eigenvalue weighted by molar-refractivity contribution is -0.931. The summed E-state index contributed by atoms with van der Waals surface area (Å²) >= 11 is 0. The molecule has 0 aromatic carbocycles. The summed E-state index contributed by atoms with van der Waals surface area (Å²) in [4.78, 5) is 0. The summed E-state index contributed by atoms with van der Waals surface area (Å²) in [6.45, 7) is 10.5. The van der Waals surface area contributed by atoms with Crippen molar-refractivity contribution in [3.63, 3.8) is 0 Å². The van der Waals surface area contributed by atoms with E-state index in [1.807, 2.05) is 0 Å². The van der Waals surface area contributed by atoms with Crippen LogP contribution in [0.4, 0.5) is 0 Å². The standard InChI is InChI=1S/C19H40N.FH/c1-3-5-6-7-8-9-10-11-12-14-17-20(4-2)18-15-13-16-19-20;/h3-19H2,1-2H3;1H/q+1;/p-1. The Balaban J connectivity index is 0.00000400. The van der Waals surface area contributed by atoms with Crippen LogP contribution in [0.25, 0.3) is 0 Å². The number of quaternary nitrogens is 1. The van der Waals surface area contributed by atoms with Gasteiger partial charge in [0.25, 0.3) is 0 Å². The molecule has 0 aliphatic carbocycles. The second kappa shape index (κ2) is 13.5. The lowest BCUT2D eigenvalue weighted by Crippen LogP contribution is -3.00. The minimum atomic E-state index is 0. The summed E-state index contributed by atoms with van der Waals surface area (Å²) < 4.78 is 1.44. The highest BCUT2D eigenvalue weighted by Gasteiger charge is 2.26. The van der Waals surface area contributed by atoms with Crippen molar-refractivity contribution in [3.05, 3.63) is 0 Å². The van der Waals surface area contributed by atoms with Gasteiger partial charge in [0.15, 0.2) is 0 Å². The van der Waals surface area contributed by atoms with Gasteiger partial charge in [0.05, 0.1) is 26.2 Å². The molecule has 0 amide bonds. The molecule has 128 valence electrons. The number of likely N-dealkylation sites (tertiary alicyclic amines) is 1. The molecule has 1 heterocycles. The van der Waals surface area contributed by atoms with Crippen LogP contribution in [0, 0.1) is 0 Å². The maximum Gasteiger partial charge on any atom is 0.0786 e. The highest BCUT2D eigenvalue weighted by Crippen LogP contribution is 2.20. The Morgan fingerprint density at radius 1 is 0.619 bits per heavy atom. The second-order valence-electron chi connectivity index (χ2n) is 7.07. The minimum Gasteiger partial charge on any atom is -1.00 e. The largest absolute Gasteiger partial charge is 1.00 e. The number of nitrogens with zero attached hydrogens (tertiary/aromatic N) is 1. The smallest absolute Gasteiger partial charge is 0.0786 e. The van der Waals surface area contributed by atoms with Gasteiger partial charge in [-0.05, 0) is 39.0 Å². The SMILES string of the molecule is CCCCCCCCCCCC[N+]1(CC)CCCCC1.[F-]. The van der Waals surface area contributed by atoms with Crippen molar-refractivity contribution in [2.24, 2.45) is 0 Å². The van der Waals surface area contributed by atoms with Crippen molar-refractivity contribution < 1.29 is 9.19 Å². The third-order valence-corrected chi connectivity index (χ3v) is 5.42. The van der Waals surface area contributed by atoms with Crippen LogP contribution >= 0.6 is 0 Å². The van der Waals surface area contributed by atoms with Crippen molar-refractivity contribution >= 4 is 0 Å². The third-order valence-electron chi connectivity index (χ3n) is 5.42. The molecule has 0 unspecified atom stereocenters. The molecule has 1 saturated heterocycles. The summed E-state index contributed by atoms with van der Waals surface area (Å²) in [5.41, 5.74) is 0. The molecule has 2 heteroatoms. The summed E-state index contributed by atoms with van der Waals surface area (Å²) in [6.07, 6.45) is 19.1. The molecular formula is C19H40FN. The normalized spacial score (nSPS) is 17.4. The summed E-state index contributed by atoms with van der Waals surface area (Å²) in [5, 5.41) is 0. The van der Waals surface area contributed by atoms with Gasteiger partial charge in [-0.1, -0.05) is 58.3 Å². The molecule has 1 fully saturated rings. The Labute approximate surface area is 133 Å². The second-order valence-corrected chi connectivity index (χ2v) is 7.07. The molecule has 0 spiro atoms. The van der Waals surface area contributed by atoms with Crippen molar-refractivity contribution in [2.75, 3.05) is 26.2 Å². The molecule has 1 rings (SSSR count). The molecule has 0 aromatic heterocycles. The first-order chi connectivity index (χ1) is 9.83. The maximum absolute atomic E-state index is 2.40. The summed E-state index contributed by atoms with van der Waals surface area (Å²) in [6, 6.07) is 0. The first-order valence-electron chi connectivity index (χ1n) is 9.68. The van der Waals surface area contributed by atoms with Crippen LogP contribution in [0.15, 0.2) is 0 Å². The number of halogens is 1. The monoisotopic (exact) mass is 301 g/mol. The molecular weight excluding hydrogens is 261 g/mol. The van der Waals surface area contributed by atoms with Gasteiger partial charge < -0.3 is 9.19 Å². The van der Waals surface area contributed by atoms with Crippen molar-refractivity contribution in [1.82, 2.24) is 0 Å². The Kier molecular flexibility index (Phi) is 13.5. The van der Waals surface area contributed by atoms with Crippen LogP contribution in [0.5, 0.6) is 0 Å². The molecule has 1 aliphatic heterocycles. The molecule has 0 N–H and O–H groups in total. The van der Waals surface area contributed by atoms with Crippen molar-refractivity contribution in [1.29, 1.82) is 0 Å². The van der Waals surface area contributed by atoms with Crippen molar-refractivity contribution in [2.45, 2.75) is 97.3 Å². The van der Waals surface area contributed by atoms with Crippen LogP contribution in [0.2, 0.25) is 0 Å². The van der Waals surface area contributed by atoms with Gasteiger partial charge in [-0.2, -0.15) is 0 Å². The molecule has 1 aliphatic rings. The first kappa shape index (κ1) is 20.9. The van der Waals surface area contributed by atoms with E-state index in [9.17, 15) is 0 Å². The van der Waals surface area contributed by atoms with E-state index in [-0.39, 0.29) is 4.70 Å². The highest BCUT2D eigenvalue weighted by atomic mass is 19.0. The number of hydrogen-bond donors (Lipinski definition) is 0. The molecule has 0 aromatic rings. The Hall–Kier alpha value is -0.110. The molecule has 0 bridgehead atoms. The highest BCUT2D eigenvalue weighted by molar-refractivity contribution is 4.54. The van der Waals surface area contributed by atoms with Gasteiger partial charge in [0, 0.05) is 0 Å². The quantitative estimate of drug-likeness (QED) is 0.384. The van der Waals surface area contributed by atoms with Crippen LogP contribution < -0.4 is 4.70 Å². The zero-order chi connectivity index (χ0) is 14.5. The van der Waals surface area contributed by atoms with Gasteiger partial charge in [0.2, 0.25) is 0 Å². The van der Waals surface area contributed by atoms with Crippen molar-refractivity contribution in [3.8, 4) is 0 Å². The number of hydrogen-bond acceptors (Lipinski definition) is 0. The fourth-order valence-corrected chi connectivity index (χ4v) is 3.82. The topological polar surface area (TPSA) is 0 Å². The van der Waals surface area contributed by atoms with Gasteiger partial charge >= 0.3 is 0 Å². The zero-order valence-corrected chi connectivity index (χ0v) is 14.8. The van der Waals surface area contributed by atoms with E-state index in [2.05, 4.69) is 13.8 Å². The van der Waals surface area contributed by atoms with Crippen LogP contribution in [0.3, 0.4) is 0 Å². The molecule has 1 nitrogen and oxygen atoms in total. The zero-order valence-electron chi connectivity index (χ0n) is 14.8. The predicted octanol–water partition coefficient (Wildman–Crippen LogP) is 2.93. The van der Waals surface area contributed by atoms with Crippen LogP contribution in [0.1, 0.15) is 97.3 Å². The van der Waals surface area contributed by atoms with E-state index in [4.69, 9.17) is 0 Å². The maximum atomic E-state index is 2.40. The Morgan fingerprint density at radius 2 is 1.10 bits per heavy atom. The van der Waals surface area contributed by atoms with E-state index in [0.29, 0.717) is 0 Å². The molecule has 0 atom stereocenters. The first-order valence-corrected chi connectivity index (χ1v) is 9.68. The van der Waals surface area contributed by atoms with Crippen LogP contribution in [-0.2, 0) is 0 Å². The van der Waals surface area contributed by atoms with E-state index < -0.39 is 0 Å². The van der Waals surface area contributed by atoms with E-state index in [1.54, 1.807) is 0 Å². The average molecular weight is 302 g/mol. The molecule has 0 saturated carbocycles. The Morgan fingerprint density at radius 3 is 1.57 bits per heavy atom. The number of piperidine rings is 1. The third kappa shape index (κ3) is 9.50. The predicted molar refractivity (Wildman–Crippen MR) is 91.1 cm³/mol. The lowest BCUT2D eigenvalue weighted by atomic mass is 10.0. The van der Waals surface area contributed by atoms with Gasteiger partial charge in [-0.3, -0.25) is 0 Å². The summed E-state index contributed by atoms with van der Waals surface area (Å²) in [5.74, 6) is 0. The van der Waals surface area contributed by atoms with Gasteiger partial charge in [-0.25, -0.2) is 0 Å². The minimum absolute atomic E-state index is 0. The molecule has 21 heavy (non-hydrogen) atoms. The lowest BCUT2D eigenvalue weighted by Gasteiger charge is -2.41. The number of unbranched alkanes of at least 4 members (excludes halogenated alkanes) is 9. The van der Waals surface area contributed by atoms with E-state index in [0.717, 1.165) is 0 Å². The van der Waals surface area contributed by atoms with Gasteiger partial charge in [0.1, 0.15) is 0 Å². The van der Waals surface area contributed by atoms with Crippen LogP contribution in [-0.4, -0.2) is 30.7 Å². The fourth-order valence-electron chi connectivity index (χ4n) is 3.82. The van der Waals surface area contributed by atoms with E-state index >= 15 is 0 Å².